The topological polar surface area (TPSA) is 55.8 Å². The summed E-state index contributed by atoms with van der Waals surface area (Å²) in [4.78, 5) is 0.0595. The minimum Gasteiger partial charge on any atom is -0.346 e. The van der Waals surface area contributed by atoms with E-state index in [1.165, 1.54) is 10.4 Å². The second kappa shape index (κ2) is 5.39. The Bertz CT molecular complexity index is 610. The molecule has 0 saturated carbocycles. The van der Waals surface area contributed by atoms with Gasteiger partial charge in [-0.05, 0) is 12.5 Å². The van der Waals surface area contributed by atoms with Crippen LogP contribution in [0.1, 0.15) is 12.8 Å². The lowest BCUT2D eigenvalue weighted by atomic mass is 10.1. The second-order valence-corrected chi connectivity index (χ2v) is 8.93. The number of halogens is 2. The smallest absolute Gasteiger partial charge is 0.245 e. The molecule has 112 valence electrons. The van der Waals surface area contributed by atoms with E-state index >= 15 is 0 Å². The number of sulfonamides is 1. The molecule has 1 spiro atoms. The fraction of sp³-hybridized carbons (Fsp3) is 0.636. The third-order valence-electron chi connectivity index (χ3n) is 3.44. The van der Waals surface area contributed by atoms with Gasteiger partial charge in [-0.1, -0.05) is 23.2 Å². The third kappa shape index (κ3) is 2.61. The summed E-state index contributed by atoms with van der Waals surface area (Å²) >= 11 is 12.8. The van der Waals surface area contributed by atoms with E-state index in [1.807, 2.05) is 0 Å². The fourth-order valence-electron chi connectivity index (χ4n) is 2.53. The highest BCUT2D eigenvalue weighted by molar-refractivity contribution is 7.89. The van der Waals surface area contributed by atoms with Crippen LogP contribution in [0.2, 0.25) is 8.67 Å². The summed E-state index contributed by atoms with van der Waals surface area (Å²) in [5.41, 5.74) is 0. The van der Waals surface area contributed by atoms with E-state index < -0.39 is 15.8 Å². The van der Waals surface area contributed by atoms with Gasteiger partial charge >= 0.3 is 0 Å². The molecule has 2 aliphatic rings. The fourth-order valence-corrected chi connectivity index (χ4v) is 6.16. The quantitative estimate of drug-likeness (QED) is 0.816. The molecule has 1 aromatic heterocycles. The molecule has 2 aliphatic heterocycles. The minimum absolute atomic E-state index is 0.0595. The second-order valence-electron chi connectivity index (χ2n) is 4.74. The summed E-state index contributed by atoms with van der Waals surface area (Å²) in [5, 5.41) is 0. The molecule has 2 fully saturated rings. The molecular formula is C11H13Cl2NO4S2. The van der Waals surface area contributed by atoms with E-state index in [-0.39, 0.29) is 15.8 Å². The molecule has 0 radical (unpaired) electrons. The molecule has 2 saturated heterocycles. The first kappa shape index (κ1) is 15.0. The molecule has 5 nitrogen and oxygen atoms in total. The van der Waals surface area contributed by atoms with Crippen molar-refractivity contribution in [1.82, 2.24) is 4.31 Å². The predicted molar refractivity (Wildman–Crippen MR) is 77.0 cm³/mol. The average molecular weight is 358 g/mol. The Labute approximate surface area is 131 Å². The van der Waals surface area contributed by atoms with Gasteiger partial charge < -0.3 is 9.47 Å². The maximum atomic E-state index is 12.6. The molecule has 0 aromatic carbocycles. The Hall–Kier alpha value is 0.110. The van der Waals surface area contributed by atoms with Gasteiger partial charge in [-0.3, -0.25) is 0 Å². The van der Waals surface area contributed by atoms with Gasteiger partial charge in [0.15, 0.2) is 5.79 Å². The van der Waals surface area contributed by atoms with Gasteiger partial charge in [-0.15, -0.1) is 11.3 Å². The van der Waals surface area contributed by atoms with Crippen LogP contribution in [-0.4, -0.2) is 44.8 Å². The molecule has 0 aliphatic carbocycles. The number of hydrogen-bond donors (Lipinski definition) is 0. The highest BCUT2D eigenvalue weighted by Gasteiger charge is 2.44. The minimum atomic E-state index is -3.67. The van der Waals surface area contributed by atoms with Gasteiger partial charge in [0.25, 0.3) is 0 Å². The number of rotatable bonds is 2. The van der Waals surface area contributed by atoms with E-state index in [9.17, 15) is 8.42 Å². The summed E-state index contributed by atoms with van der Waals surface area (Å²) in [6, 6.07) is 1.39. The molecule has 3 heterocycles. The van der Waals surface area contributed by atoms with Crippen molar-refractivity contribution in [1.29, 1.82) is 0 Å². The summed E-state index contributed by atoms with van der Waals surface area (Å²) in [6.45, 7) is 1.62. The first-order valence-electron chi connectivity index (χ1n) is 6.16. The number of hydrogen-bond acceptors (Lipinski definition) is 5. The van der Waals surface area contributed by atoms with E-state index in [2.05, 4.69) is 0 Å². The van der Waals surface area contributed by atoms with Gasteiger partial charge in [0.1, 0.15) is 9.23 Å². The zero-order valence-corrected chi connectivity index (χ0v) is 13.6. The van der Waals surface area contributed by atoms with E-state index in [0.29, 0.717) is 36.9 Å². The maximum Gasteiger partial charge on any atom is 0.245 e. The molecule has 9 heteroatoms. The maximum absolute atomic E-state index is 12.6. The van der Waals surface area contributed by atoms with Crippen molar-refractivity contribution in [3.05, 3.63) is 14.7 Å². The van der Waals surface area contributed by atoms with Crippen LogP contribution < -0.4 is 0 Å². The van der Waals surface area contributed by atoms with E-state index in [1.54, 1.807) is 0 Å². The number of ether oxygens (including phenoxy) is 2. The van der Waals surface area contributed by atoms with Crippen LogP contribution in [0, 0.1) is 0 Å². The van der Waals surface area contributed by atoms with Crippen LogP contribution in [0.5, 0.6) is 0 Å². The van der Waals surface area contributed by atoms with Crippen LogP contribution in [0.4, 0.5) is 0 Å². The van der Waals surface area contributed by atoms with Crippen LogP contribution in [-0.2, 0) is 19.5 Å². The molecule has 20 heavy (non-hydrogen) atoms. The first-order chi connectivity index (χ1) is 9.43. The normalized spacial score (nSPS) is 23.5. The summed E-state index contributed by atoms with van der Waals surface area (Å²) in [5.74, 6) is -0.794. The Morgan fingerprint density at radius 3 is 2.60 bits per heavy atom. The van der Waals surface area contributed by atoms with Crippen LogP contribution in [0.25, 0.3) is 0 Å². The van der Waals surface area contributed by atoms with Crippen molar-refractivity contribution in [2.45, 2.75) is 23.5 Å². The largest absolute Gasteiger partial charge is 0.346 e. The highest BCUT2D eigenvalue weighted by atomic mass is 35.5. The molecule has 0 unspecified atom stereocenters. The van der Waals surface area contributed by atoms with Gasteiger partial charge in [0.05, 0.1) is 24.1 Å². The Balaban J connectivity index is 1.89. The number of piperidine rings is 1. The standard InChI is InChI=1S/C11H13Cl2NO4S2/c12-9-6-8(10(13)19-9)20(15,16)14-3-1-2-11(7-14)17-4-5-18-11/h6H,1-5,7H2. The van der Waals surface area contributed by atoms with Crippen molar-refractivity contribution in [3.63, 3.8) is 0 Å². The molecule has 1 aromatic rings. The average Bonchev–Trinajstić information content (AvgIpc) is 2.97. The predicted octanol–water partition coefficient (Wildman–Crippen LogP) is 2.58. The SMILES string of the molecule is O=S(=O)(c1cc(Cl)sc1Cl)N1CCCC2(C1)OCCO2. The monoisotopic (exact) mass is 357 g/mol. The third-order valence-corrected chi connectivity index (χ3v) is 7.04. The molecule has 0 N–H and O–H groups in total. The highest BCUT2D eigenvalue weighted by Crippen LogP contribution is 2.38. The zero-order chi connectivity index (χ0) is 14.4. The van der Waals surface area contributed by atoms with Gasteiger partial charge in [-0.25, -0.2) is 8.42 Å². The Kier molecular flexibility index (Phi) is 4.05. The van der Waals surface area contributed by atoms with Crippen molar-refractivity contribution < 1.29 is 17.9 Å². The number of thiophene rings is 1. The van der Waals surface area contributed by atoms with Crippen molar-refractivity contribution in [2.24, 2.45) is 0 Å². The van der Waals surface area contributed by atoms with E-state index in [0.717, 1.165) is 11.3 Å². The van der Waals surface area contributed by atoms with Crippen LogP contribution in [0.15, 0.2) is 11.0 Å². The summed E-state index contributed by atoms with van der Waals surface area (Å²) in [6.07, 6.45) is 1.39. The first-order valence-corrected chi connectivity index (χ1v) is 9.17. The Morgan fingerprint density at radius 2 is 2.00 bits per heavy atom. The van der Waals surface area contributed by atoms with Gasteiger partial charge in [0, 0.05) is 13.0 Å². The molecule has 3 rings (SSSR count). The molecule has 0 atom stereocenters. The zero-order valence-electron chi connectivity index (χ0n) is 10.5. The summed E-state index contributed by atoms with van der Waals surface area (Å²) in [7, 11) is -3.67. The van der Waals surface area contributed by atoms with Crippen molar-refractivity contribution in [2.75, 3.05) is 26.3 Å². The van der Waals surface area contributed by atoms with Gasteiger partial charge in [-0.2, -0.15) is 4.31 Å². The lowest BCUT2D eigenvalue weighted by molar-refractivity contribution is -0.179. The van der Waals surface area contributed by atoms with Crippen LogP contribution >= 0.6 is 34.5 Å². The number of nitrogens with zero attached hydrogens (tertiary/aromatic N) is 1. The molecular weight excluding hydrogens is 345 g/mol. The van der Waals surface area contributed by atoms with Crippen molar-refractivity contribution >= 4 is 44.6 Å². The Morgan fingerprint density at radius 1 is 1.30 bits per heavy atom. The van der Waals surface area contributed by atoms with E-state index in [4.69, 9.17) is 32.7 Å². The summed E-state index contributed by atoms with van der Waals surface area (Å²) < 4.78 is 38.4. The van der Waals surface area contributed by atoms with Gasteiger partial charge in [0.2, 0.25) is 10.0 Å². The van der Waals surface area contributed by atoms with Crippen LogP contribution in [0.3, 0.4) is 0 Å². The lowest BCUT2D eigenvalue weighted by Gasteiger charge is -2.37. The molecule has 0 amide bonds. The van der Waals surface area contributed by atoms with Crippen molar-refractivity contribution in [3.8, 4) is 0 Å². The molecule has 0 bridgehead atoms. The lowest BCUT2D eigenvalue weighted by Crippen LogP contribution is -2.50.